The molecule has 46 heavy (non-hydrogen) atoms. The lowest BCUT2D eigenvalue weighted by Gasteiger charge is -2.07. The van der Waals surface area contributed by atoms with Crippen LogP contribution >= 0.6 is 12.6 Å². The fourth-order valence-electron chi connectivity index (χ4n) is 2.61. The van der Waals surface area contributed by atoms with E-state index >= 15 is 0 Å². The Morgan fingerprint density at radius 2 is 1.17 bits per heavy atom. The van der Waals surface area contributed by atoms with Crippen LogP contribution in [0.15, 0.2) is 68.6 Å². The molecule has 18 nitrogen and oxygen atoms in total. The van der Waals surface area contributed by atoms with E-state index in [-0.39, 0.29) is 9.79 Å². The maximum atomic E-state index is 11.8. The van der Waals surface area contributed by atoms with Gasteiger partial charge in [0.2, 0.25) is 5.91 Å². The first kappa shape index (κ1) is 41.8. The third kappa shape index (κ3) is 19.2. The van der Waals surface area contributed by atoms with E-state index in [0.29, 0.717) is 50.6 Å². The zero-order chi connectivity index (χ0) is 34.8. The van der Waals surface area contributed by atoms with E-state index in [4.69, 9.17) is 25.6 Å². The molecule has 0 unspecified atom stereocenters. The first-order valence-electron chi connectivity index (χ1n) is 13.2. The quantitative estimate of drug-likeness (QED) is 0.0502. The molecule has 0 saturated heterocycles. The zero-order valence-corrected chi connectivity index (χ0v) is 27.5. The van der Waals surface area contributed by atoms with Crippen LogP contribution in [0.1, 0.15) is 19.8 Å². The van der Waals surface area contributed by atoms with Crippen LogP contribution in [0.25, 0.3) is 20.9 Å². The summed E-state index contributed by atoms with van der Waals surface area (Å²) < 4.78 is 66.4. The molecule has 21 heteroatoms. The second kappa shape index (κ2) is 24.1. The normalized spacial score (nSPS) is 10.3. The summed E-state index contributed by atoms with van der Waals surface area (Å²) in [4.78, 5) is 26.2. The topological polar surface area (TPSA) is 269 Å². The number of benzene rings is 2. The van der Waals surface area contributed by atoms with Crippen molar-refractivity contribution in [3.05, 3.63) is 69.4 Å². The van der Waals surface area contributed by atoms with Crippen LogP contribution in [-0.2, 0) is 38.2 Å². The van der Waals surface area contributed by atoms with Gasteiger partial charge in [0.25, 0.3) is 20.2 Å². The number of hydrogen-bond donors (Lipinski definition) is 3. The van der Waals surface area contributed by atoms with Crippen LogP contribution in [0.4, 0.5) is 0 Å². The highest BCUT2D eigenvalue weighted by Crippen LogP contribution is 2.19. The van der Waals surface area contributed by atoms with Gasteiger partial charge in [0.1, 0.15) is 18.1 Å². The third-order valence-corrected chi connectivity index (χ3v) is 7.21. The second-order valence-electron chi connectivity index (χ2n) is 8.07. The summed E-state index contributed by atoms with van der Waals surface area (Å²) in [6, 6.07) is 10.9. The summed E-state index contributed by atoms with van der Waals surface area (Å²) in [6.07, 6.45) is 1.09. The molecular formula is C25H35N7O11S3. The smallest absolute Gasteiger partial charge is 0.331 e. The fourth-order valence-corrected chi connectivity index (χ4v) is 4.34. The number of carbonyl (C=O) groups excluding carboxylic acids is 1. The number of carbonyl (C=O) groups is 2. The average Bonchev–Trinajstić information content (AvgIpc) is 3.04. The predicted octanol–water partition coefficient (Wildman–Crippen LogP) is 3.71. The van der Waals surface area contributed by atoms with Gasteiger partial charge in [0.15, 0.2) is 6.61 Å². The number of carboxylic acid groups (broad SMARTS) is 1. The average molecular weight is 706 g/mol. The van der Waals surface area contributed by atoms with Crippen LogP contribution in [0.3, 0.4) is 0 Å². The Hall–Kier alpha value is -4.23. The van der Waals surface area contributed by atoms with Crippen molar-refractivity contribution in [1.29, 1.82) is 0 Å². The highest BCUT2D eigenvalue weighted by Gasteiger charge is 2.18. The number of rotatable bonds is 18. The molecule has 0 spiro atoms. The van der Waals surface area contributed by atoms with Crippen LogP contribution < -0.4 is 14.8 Å². The van der Waals surface area contributed by atoms with Crippen molar-refractivity contribution in [2.45, 2.75) is 29.6 Å². The first-order valence-corrected chi connectivity index (χ1v) is 16.6. The van der Waals surface area contributed by atoms with Gasteiger partial charge in [-0.3, -0.25) is 13.2 Å². The molecule has 0 aromatic heterocycles. The molecule has 2 aromatic carbocycles. The van der Waals surface area contributed by atoms with E-state index in [1.807, 2.05) is 6.92 Å². The van der Waals surface area contributed by atoms with E-state index in [1.165, 1.54) is 55.6 Å². The molecule has 0 aliphatic rings. The lowest BCUT2D eigenvalue weighted by Crippen LogP contribution is -2.25. The minimum absolute atomic E-state index is 0.0715. The minimum atomic E-state index is -4.10. The maximum Gasteiger partial charge on any atom is 0.331 e. The van der Waals surface area contributed by atoms with Gasteiger partial charge < -0.3 is 19.9 Å². The number of hydrogen-bond acceptors (Lipinski definition) is 13. The number of nitrogens with zero attached hydrogens (tertiary/aromatic N) is 6. The van der Waals surface area contributed by atoms with Crippen LogP contribution in [0, 0.1) is 0 Å². The minimum Gasteiger partial charge on any atom is -0.494 e. The van der Waals surface area contributed by atoms with E-state index in [9.17, 15) is 26.4 Å². The number of aliphatic carboxylic acids is 1. The molecule has 0 bridgehead atoms. The van der Waals surface area contributed by atoms with Crippen LogP contribution in [0.2, 0.25) is 0 Å². The lowest BCUT2D eigenvalue weighted by atomic mass is 10.3. The van der Waals surface area contributed by atoms with Crippen molar-refractivity contribution < 1.29 is 49.4 Å². The summed E-state index contributed by atoms with van der Waals surface area (Å²) >= 11 is 3.79. The van der Waals surface area contributed by atoms with Gasteiger partial charge in [0.05, 0.1) is 23.0 Å². The molecule has 2 N–H and O–H groups in total. The Labute approximate surface area is 271 Å². The molecule has 254 valence electrons. The van der Waals surface area contributed by atoms with Crippen molar-refractivity contribution in [2.24, 2.45) is 10.2 Å². The van der Waals surface area contributed by atoms with Crippen molar-refractivity contribution >= 4 is 44.7 Å². The molecule has 0 radical (unpaired) electrons. The number of amides is 1. The number of nitrogens with one attached hydrogen (secondary N) is 1. The Balaban J connectivity index is 0.000000811. The Morgan fingerprint density at radius 3 is 1.50 bits per heavy atom. The van der Waals surface area contributed by atoms with Crippen LogP contribution in [-0.4, -0.2) is 86.1 Å². The van der Waals surface area contributed by atoms with Crippen molar-refractivity contribution in [1.82, 2.24) is 5.32 Å². The summed E-state index contributed by atoms with van der Waals surface area (Å²) in [5.41, 5.74) is 16.2. The molecule has 0 aliphatic heterocycles. The highest BCUT2D eigenvalue weighted by molar-refractivity contribution is 7.87. The predicted molar refractivity (Wildman–Crippen MR) is 169 cm³/mol. The monoisotopic (exact) mass is 705 g/mol. The van der Waals surface area contributed by atoms with E-state index in [2.05, 4.69) is 46.4 Å². The highest BCUT2D eigenvalue weighted by atomic mass is 32.2. The van der Waals surface area contributed by atoms with Gasteiger partial charge in [-0.15, -0.1) is 0 Å². The largest absolute Gasteiger partial charge is 0.494 e. The Kier molecular flexibility index (Phi) is 21.8. The molecule has 1 amide bonds. The molecule has 2 aromatic rings. The van der Waals surface area contributed by atoms with E-state index in [0.717, 1.165) is 5.75 Å². The van der Waals surface area contributed by atoms with E-state index < -0.39 is 45.3 Å². The Bertz CT molecular complexity index is 1510. The summed E-state index contributed by atoms with van der Waals surface area (Å²) in [6.45, 7) is 1.79. The SMILES string of the molecule is CCS.CNC(=O)COS(=O)(=O)c1ccc(OCCCN=[N+]=[N-])cc1.[N-]=[N+]=NCCCOc1ccc(S(=O)(=O)OCC(=O)O)cc1. The number of thiol groups is 1. The second-order valence-corrected chi connectivity index (χ2v) is 11.9. The zero-order valence-electron chi connectivity index (χ0n) is 25.0. The van der Waals surface area contributed by atoms with Crippen LogP contribution in [0.5, 0.6) is 11.5 Å². The van der Waals surface area contributed by atoms with Gasteiger partial charge in [-0.25, -0.2) is 4.79 Å². The van der Waals surface area contributed by atoms with Gasteiger partial charge >= 0.3 is 5.97 Å². The lowest BCUT2D eigenvalue weighted by molar-refractivity contribution is -0.139. The number of azide groups is 2. The van der Waals surface area contributed by atoms with E-state index in [1.54, 1.807) is 0 Å². The number of carboxylic acids is 1. The van der Waals surface area contributed by atoms with Gasteiger partial charge in [-0.05, 0) is 78.2 Å². The molecule has 0 heterocycles. The van der Waals surface area contributed by atoms with Gasteiger partial charge in [-0.2, -0.15) is 29.5 Å². The molecule has 0 atom stereocenters. The maximum absolute atomic E-state index is 11.8. The summed E-state index contributed by atoms with van der Waals surface area (Å²) in [7, 11) is -6.70. The van der Waals surface area contributed by atoms with Gasteiger partial charge in [-0.1, -0.05) is 17.2 Å². The molecule has 0 aliphatic carbocycles. The Morgan fingerprint density at radius 1 is 0.804 bits per heavy atom. The molecule has 0 fully saturated rings. The molecule has 0 saturated carbocycles. The van der Waals surface area contributed by atoms with Crippen molar-refractivity contribution in [3.8, 4) is 11.5 Å². The van der Waals surface area contributed by atoms with Crippen molar-refractivity contribution in [2.75, 3.05) is 52.3 Å². The fraction of sp³-hybridized carbons (Fsp3) is 0.440. The van der Waals surface area contributed by atoms with Gasteiger partial charge in [0, 0.05) is 30.0 Å². The number of ether oxygens (including phenoxy) is 2. The third-order valence-electron chi connectivity index (χ3n) is 4.66. The van der Waals surface area contributed by atoms with Crippen molar-refractivity contribution in [3.63, 3.8) is 0 Å². The standard InChI is InChI=1S/C12H16N4O5S.C11H13N3O6S.C2H6S/c1-14-12(17)9-21-22(18,19)11-5-3-10(4-6-11)20-8-2-7-15-16-13;12-14-13-6-1-7-19-9-2-4-10(5-3-9)21(17,18)20-8-11(15)16;1-2-3/h3-6H,2,7-9H2,1H3,(H,14,17);2-5H,1,6-8H2,(H,15,16);3H,2H2,1H3. The summed E-state index contributed by atoms with van der Waals surface area (Å²) in [5, 5.41) is 17.3. The number of likely N-dealkylation sites (N-methyl/N-ethyl adjacent to an activating group) is 1. The molecule has 2 rings (SSSR count). The summed E-state index contributed by atoms with van der Waals surface area (Å²) in [5.74, 6) is -0.0542. The molecular weight excluding hydrogens is 671 g/mol. The first-order chi connectivity index (χ1) is 21.9.